The molecule has 256 valence electrons. The predicted octanol–water partition coefficient (Wildman–Crippen LogP) is -1.02. The van der Waals surface area contributed by atoms with Gasteiger partial charge in [0, 0.05) is 36.5 Å². The van der Waals surface area contributed by atoms with Gasteiger partial charge in [0.2, 0.25) is 23.6 Å². The lowest BCUT2D eigenvalue weighted by atomic mass is 10.0. The van der Waals surface area contributed by atoms with E-state index in [1.807, 2.05) is 6.07 Å². The molecule has 1 aliphatic rings. The number of para-hydroxylation sites is 1. The maximum atomic E-state index is 13.8. The fraction of sp³-hybridized carbons (Fsp3) is 0.375. The number of carboxylic acids is 2. The Morgan fingerprint density at radius 3 is 2.15 bits per heavy atom. The minimum Gasteiger partial charge on any atom is -0.508 e. The van der Waals surface area contributed by atoms with Crippen molar-refractivity contribution >= 4 is 46.5 Å². The number of hydrogen-bond donors (Lipinski definition) is 9. The standard InChI is InChI=1S/C32H38N6O10/c33-21(14-27(41)42)28(43)35-23(12-17-7-9-19(40)10-8-17)29(44)36-24(13-18-15-34-22-5-2-1-4-20(18)22)30(45)37-25(16-39)31(46)38-11-3-6-26(38)32(47)48/h1-2,4-5,7-10,15,21,23-26,34,39-40H,3,6,11-14,16,33H2,(H,35,43)(H,36,44)(H,37,45)(H,41,42)(H,47,48)/t21-,23-,24-,25-,26-/m0/s1. The number of aliphatic carboxylic acids is 2. The number of phenolic OH excluding ortho intramolecular Hbond substituents is 1. The smallest absolute Gasteiger partial charge is 0.326 e. The molecule has 1 fully saturated rings. The molecular weight excluding hydrogens is 628 g/mol. The van der Waals surface area contributed by atoms with Crippen molar-refractivity contribution in [1.82, 2.24) is 25.8 Å². The molecule has 0 bridgehead atoms. The number of H-pyrrole nitrogens is 1. The van der Waals surface area contributed by atoms with Crippen molar-refractivity contribution < 1.29 is 49.2 Å². The second kappa shape index (κ2) is 15.9. The minimum atomic E-state index is -1.51. The number of aliphatic hydroxyl groups excluding tert-OH is 1. The number of nitrogens with zero attached hydrogens (tertiary/aromatic N) is 1. The molecular formula is C32H38N6O10. The molecule has 0 radical (unpaired) electrons. The van der Waals surface area contributed by atoms with Crippen molar-refractivity contribution in [2.24, 2.45) is 5.73 Å². The van der Waals surface area contributed by atoms with Gasteiger partial charge in [0.15, 0.2) is 0 Å². The third-order valence-corrected chi connectivity index (χ3v) is 8.09. The molecule has 2 aromatic carbocycles. The van der Waals surface area contributed by atoms with Crippen LogP contribution in [0.5, 0.6) is 5.75 Å². The molecule has 0 unspecified atom stereocenters. The highest BCUT2D eigenvalue weighted by Crippen LogP contribution is 2.21. The van der Waals surface area contributed by atoms with Gasteiger partial charge in [-0.25, -0.2) is 4.79 Å². The van der Waals surface area contributed by atoms with E-state index in [1.165, 1.54) is 24.3 Å². The predicted molar refractivity (Wildman–Crippen MR) is 169 cm³/mol. The molecule has 1 aromatic heterocycles. The van der Waals surface area contributed by atoms with Crippen LogP contribution >= 0.6 is 0 Å². The maximum Gasteiger partial charge on any atom is 0.326 e. The fourth-order valence-corrected chi connectivity index (χ4v) is 5.58. The average molecular weight is 667 g/mol. The molecule has 4 rings (SSSR count). The zero-order valence-electron chi connectivity index (χ0n) is 25.8. The van der Waals surface area contributed by atoms with Crippen LogP contribution in [-0.4, -0.2) is 109 Å². The number of aromatic amines is 1. The molecule has 5 atom stereocenters. The summed E-state index contributed by atoms with van der Waals surface area (Å²) in [5, 5.41) is 46.6. The molecule has 0 saturated carbocycles. The van der Waals surface area contributed by atoms with Crippen LogP contribution in [0, 0.1) is 0 Å². The number of rotatable bonds is 15. The molecule has 16 nitrogen and oxygen atoms in total. The lowest BCUT2D eigenvalue weighted by molar-refractivity contribution is -0.150. The number of nitrogens with one attached hydrogen (secondary N) is 4. The van der Waals surface area contributed by atoms with Gasteiger partial charge in [-0.15, -0.1) is 0 Å². The first-order chi connectivity index (χ1) is 22.9. The second-order valence-electron chi connectivity index (χ2n) is 11.5. The number of likely N-dealkylation sites (tertiary alicyclic amines) is 1. The third kappa shape index (κ3) is 8.86. The lowest BCUT2D eigenvalue weighted by Crippen LogP contribution is -2.60. The number of phenols is 1. The Hall–Kier alpha value is -5.48. The van der Waals surface area contributed by atoms with Crippen LogP contribution in [0.3, 0.4) is 0 Å². The quantitative estimate of drug-likeness (QED) is 0.0948. The third-order valence-electron chi connectivity index (χ3n) is 8.09. The van der Waals surface area contributed by atoms with Crippen LogP contribution in [0.2, 0.25) is 0 Å². The molecule has 0 spiro atoms. The highest BCUT2D eigenvalue weighted by atomic mass is 16.4. The monoisotopic (exact) mass is 666 g/mol. The van der Waals surface area contributed by atoms with E-state index in [0.717, 1.165) is 15.8 Å². The Bertz CT molecular complexity index is 1660. The molecule has 1 saturated heterocycles. The van der Waals surface area contributed by atoms with Crippen LogP contribution in [0.15, 0.2) is 54.7 Å². The number of carboxylic acid groups (broad SMARTS) is 2. The number of aromatic nitrogens is 1. The maximum absolute atomic E-state index is 13.8. The topological polar surface area (TPSA) is 264 Å². The van der Waals surface area contributed by atoms with E-state index in [0.29, 0.717) is 17.5 Å². The van der Waals surface area contributed by atoms with E-state index in [2.05, 4.69) is 20.9 Å². The summed E-state index contributed by atoms with van der Waals surface area (Å²) in [4.78, 5) is 80.6. The van der Waals surface area contributed by atoms with Crippen molar-refractivity contribution in [2.75, 3.05) is 13.2 Å². The Balaban J connectivity index is 1.61. The second-order valence-corrected chi connectivity index (χ2v) is 11.5. The zero-order chi connectivity index (χ0) is 35.0. The molecule has 16 heteroatoms. The molecule has 1 aliphatic heterocycles. The number of fused-ring (bicyclic) bond motifs is 1. The van der Waals surface area contributed by atoms with E-state index in [4.69, 9.17) is 10.8 Å². The molecule has 2 heterocycles. The number of amides is 4. The van der Waals surface area contributed by atoms with Gasteiger partial charge in [0.1, 0.15) is 29.9 Å². The van der Waals surface area contributed by atoms with Crippen LogP contribution in [0.1, 0.15) is 30.4 Å². The van der Waals surface area contributed by atoms with Crippen molar-refractivity contribution in [3.05, 3.63) is 65.9 Å². The van der Waals surface area contributed by atoms with Gasteiger partial charge < -0.3 is 52.0 Å². The summed E-state index contributed by atoms with van der Waals surface area (Å²) >= 11 is 0. The molecule has 48 heavy (non-hydrogen) atoms. The number of carbonyl (C=O) groups excluding carboxylic acids is 4. The highest BCUT2D eigenvalue weighted by molar-refractivity contribution is 5.96. The Morgan fingerprint density at radius 2 is 1.50 bits per heavy atom. The van der Waals surface area contributed by atoms with Gasteiger partial charge in [-0.05, 0) is 42.2 Å². The number of nitrogens with two attached hydrogens (primary N) is 1. The van der Waals surface area contributed by atoms with E-state index < -0.39 is 78.8 Å². The fourth-order valence-electron chi connectivity index (χ4n) is 5.58. The Morgan fingerprint density at radius 1 is 0.875 bits per heavy atom. The van der Waals surface area contributed by atoms with Gasteiger partial charge >= 0.3 is 11.9 Å². The summed E-state index contributed by atoms with van der Waals surface area (Å²) in [7, 11) is 0. The van der Waals surface area contributed by atoms with Gasteiger partial charge in [0.05, 0.1) is 19.1 Å². The first kappa shape index (κ1) is 35.4. The van der Waals surface area contributed by atoms with Gasteiger partial charge in [-0.3, -0.25) is 24.0 Å². The number of hydrogen-bond acceptors (Lipinski definition) is 9. The summed E-state index contributed by atoms with van der Waals surface area (Å²) in [6, 6.07) is 6.12. The summed E-state index contributed by atoms with van der Waals surface area (Å²) in [5.74, 6) is -6.03. The summed E-state index contributed by atoms with van der Waals surface area (Å²) in [5.41, 5.74) is 7.60. The van der Waals surface area contributed by atoms with Crippen LogP contribution < -0.4 is 21.7 Å². The normalized spacial score (nSPS) is 16.8. The lowest BCUT2D eigenvalue weighted by Gasteiger charge is -2.28. The van der Waals surface area contributed by atoms with Crippen molar-refractivity contribution in [3.63, 3.8) is 0 Å². The van der Waals surface area contributed by atoms with E-state index >= 15 is 0 Å². The summed E-state index contributed by atoms with van der Waals surface area (Å²) in [6.45, 7) is -0.720. The van der Waals surface area contributed by atoms with Crippen molar-refractivity contribution in [3.8, 4) is 5.75 Å². The SMILES string of the molecule is N[C@@H](CC(=O)O)C(=O)N[C@@H](Cc1ccc(O)cc1)C(=O)N[C@@H](Cc1c[nH]c2ccccc12)C(=O)N[C@@H](CO)C(=O)N1CCC[C@H]1C(=O)O. The molecule has 4 amide bonds. The van der Waals surface area contributed by atoms with E-state index in [1.54, 1.807) is 24.4 Å². The van der Waals surface area contributed by atoms with Crippen molar-refractivity contribution in [1.29, 1.82) is 0 Å². The first-order valence-corrected chi connectivity index (χ1v) is 15.2. The minimum absolute atomic E-state index is 0.0423. The first-order valence-electron chi connectivity index (χ1n) is 15.2. The number of benzene rings is 2. The number of carbonyl (C=O) groups is 6. The number of aliphatic hydroxyl groups is 1. The largest absolute Gasteiger partial charge is 0.508 e. The number of aromatic hydroxyl groups is 1. The summed E-state index contributed by atoms with van der Waals surface area (Å²) < 4.78 is 0. The Kier molecular flexibility index (Phi) is 11.7. The van der Waals surface area contributed by atoms with Crippen LogP contribution in [0.25, 0.3) is 10.9 Å². The molecule has 3 aromatic rings. The van der Waals surface area contributed by atoms with Crippen LogP contribution in [0.4, 0.5) is 0 Å². The zero-order valence-corrected chi connectivity index (χ0v) is 25.8. The van der Waals surface area contributed by atoms with Gasteiger partial charge in [-0.1, -0.05) is 30.3 Å². The molecule has 0 aliphatic carbocycles. The van der Waals surface area contributed by atoms with E-state index in [-0.39, 0.29) is 31.6 Å². The highest BCUT2D eigenvalue weighted by Gasteiger charge is 2.38. The van der Waals surface area contributed by atoms with Crippen LogP contribution in [-0.2, 0) is 41.6 Å². The Labute approximate surface area is 274 Å². The van der Waals surface area contributed by atoms with Crippen molar-refractivity contribution in [2.45, 2.75) is 62.3 Å². The van der Waals surface area contributed by atoms with Gasteiger partial charge in [-0.2, -0.15) is 0 Å². The van der Waals surface area contributed by atoms with E-state index in [9.17, 15) is 44.1 Å². The van der Waals surface area contributed by atoms with Gasteiger partial charge in [0.25, 0.3) is 0 Å². The average Bonchev–Trinajstić information content (AvgIpc) is 3.71. The molecule has 10 N–H and O–H groups in total. The summed E-state index contributed by atoms with van der Waals surface area (Å²) in [6.07, 6.45) is 1.35.